The van der Waals surface area contributed by atoms with Crippen LogP contribution in [0.25, 0.3) is 11.1 Å². The lowest BCUT2D eigenvalue weighted by Crippen LogP contribution is -2.31. The zero-order chi connectivity index (χ0) is 24.2. The number of ether oxygens (including phenoxy) is 1. The van der Waals surface area contributed by atoms with Crippen LogP contribution in [-0.2, 0) is 4.74 Å². The number of nitrogens with one attached hydrogen (secondary N) is 1. The summed E-state index contributed by atoms with van der Waals surface area (Å²) in [7, 11) is 0. The van der Waals surface area contributed by atoms with Gasteiger partial charge < -0.3 is 31.1 Å². The van der Waals surface area contributed by atoms with Crippen LogP contribution in [0.5, 0.6) is 0 Å². The smallest absolute Gasteiger partial charge is 0.407 e. The summed E-state index contributed by atoms with van der Waals surface area (Å²) in [4.78, 5) is 30.8. The molecule has 1 heterocycles. The highest BCUT2D eigenvalue weighted by atomic mass is 16.5. The fraction of sp³-hybridized carbons (Fsp3) is 0.250. The molecule has 6 N–H and O–H groups in total. The van der Waals surface area contributed by atoms with Gasteiger partial charge in [-0.3, -0.25) is 0 Å². The van der Waals surface area contributed by atoms with Crippen LogP contribution in [0.1, 0.15) is 45.8 Å². The molecule has 4 rings (SSSR count). The van der Waals surface area contributed by atoms with Crippen molar-refractivity contribution >= 4 is 17.9 Å². The topological polar surface area (TPSA) is 168 Å². The minimum atomic E-state index is -1.50. The van der Waals surface area contributed by atoms with Crippen LogP contribution < -0.4 is 11.1 Å². The molecule has 34 heavy (non-hydrogen) atoms. The number of fused-ring (bicyclic) bond motifs is 3. The highest BCUT2D eigenvalue weighted by Gasteiger charge is 2.29. The first-order chi connectivity index (χ1) is 16.4. The van der Waals surface area contributed by atoms with Crippen molar-refractivity contribution in [1.29, 1.82) is 0 Å². The van der Waals surface area contributed by atoms with Crippen LogP contribution in [0.3, 0.4) is 0 Å². The van der Waals surface area contributed by atoms with Crippen molar-refractivity contribution in [3.8, 4) is 11.1 Å². The van der Waals surface area contributed by atoms with Crippen molar-refractivity contribution in [2.24, 2.45) is 0 Å². The van der Waals surface area contributed by atoms with Gasteiger partial charge in [-0.2, -0.15) is 0 Å². The number of benzene rings is 2. The van der Waals surface area contributed by atoms with Crippen molar-refractivity contribution in [1.82, 2.24) is 15.3 Å². The van der Waals surface area contributed by atoms with E-state index in [1.807, 2.05) is 48.5 Å². The van der Waals surface area contributed by atoms with E-state index < -0.39 is 30.0 Å². The maximum atomic E-state index is 12.2. The van der Waals surface area contributed by atoms with Crippen molar-refractivity contribution < 1.29 is 29.6 Å². The number of aromatic nitrogens is 2. The summed E-state index contributed by atoms with van der Waals surface area (Å²) in [5, 5.41) is 32.1. The Bertz CT molecular complexity index is 1170. The van der Waals surface area contributed by atoms with Gasteiger partial charge in [-0.1, -0.05) is 48.5 Å². The average molecular weight is 464 g/mol. The second-order valence-corrected chi connectivity index (χ2v) is 7.89. The standard InChI is InChI=1S/C24H24N4O6/c25-22-20(23(31)32)28-18(11-27-22)21(30)19(29)9-10-26-24(33)34-12-17-15-7-3-1-5-13(15)14-6-2-4-8-16(14)17/h1-8,11,17,19,21,29-30H,9-10,12H2,(H2,25,27)(H,26,33)(H,31,32). The number of alkyl carbamates (subject to hydrolysis) is 1. The number of nitrogen functional groups attached to an aromatic ring is 1. The van der Waals surface area contributed by atoms with Gasteiger partial charge in [0.2, 0.25) is 0 Å². The molecule has 0 radical (unpaired) electrons. The average Bonchev–Trinajstić information content (AvgIpc) is 3.16. The molecule has 1 aliphatic rings. The van der Waals surface area contributed by atoms with Gasteiger partial charge in [0.15, 0.2) is 11.5 Å². The second kappa shape index (κ2) is 9.86. The Morgan fingerprint density at radius 3 is 2.29 bits per heavy atom. The molecule has 0 fully saturated rings. The monoisotopic (exact) mass is 464 g/mol. The zero-order valence-corrected chi connectivity index (χ0v) is 18.1. The van der Waals surface area contributed by atoms with E-state index in [1.54, 1.807) is 0 Å². The number of anilines is 1. The number of aromatic carboxylic acids is 1. The molecule has 10 nitrogen and oxygen atoms in total. The van der Waals surface area contributed by atoms with Gasteiger partial charge in [0.05, 0.1) is 18.0 Å². The number of carbonyl (C=O) groups is 2. The lowest BCUT2D eigenvalue weighted by atomic mass is 9.98. The zero-order valence-electron chi connectivity index (χ0n) is 18.1. The molecule has 1 amide bonds. The minimum absolute atomic E-state index is 0.0170. The number of hydrogen-bond acceptors (Lipinski definition) is 8. The number of carbonyl (C=O) groups excluding carboxylic acids is 1. The molecule has 2 unspecified atom stereocenters. The Morgan fingerprint density at radius 1 is 1.06 bits per heavy atom. The number of carboxylic acid groups (broad SMARTS) is 1. The molecule has 2 aromatic carbocycles. The lowest BCUT2D eigenvalue weighted by molar-refractivity contribution is 0.0108. The third-order valence-electron chi connectivity index (χ3n) is 5.74. The molecule has 1 aromatic heterocycles. The Hall–Kier alpha value is -4.02. The number of aliphatic hydroxyl groups is 2. The summed E-state index contributed by atoms with van der Waals surface area (Å²) in [6.07, 6.45) is -2.41. The molecule has 0 spiro atoms. The van der Waals surface area contributed by atoms with E-state index in [4.69, 9.17) is 15.6 Å². The number of carboxylic acids is 1. The molecule has 2 atom stereocenters. The van der Waals surface area contributed by atoms with Crippen molar-refractivity contribution in [3.05, 3.63) is 77.2 Å². The Kier molecular flexibility index (Phi) is 6.71. The van der Waals surface area contributed by atoms with Gasteiger partial charge in [-0.05, 0) is 28.7 Å². The molecule has 0 bridgehead atoms. The fourth-order valence-corrected chi connectivity index (χ4v) is 4.04. The third kappa shape index (κ3) is 4.68. The van der Waals surface area contributed by atoms with Gasteiger partial charge in [-0.15, -0.1) is 0 Å². The van der Waals surface area contributed by atoms with Gasteiger partial charge >= 0.3 is 12.1 Å². The summed E-state index contributed by atoms with van der Waals surface area (Å²) in [6.45, 7) is 0.174. The fourth-order valence-electron chi connectivity index (χ4n) is 4.04. The quantitative estimate of drug-likeness (QED) is 0.335. The minimum Gasteiger partial charge on any atom is -0.476 e. The summed E-state index contributed by atoms with van der Waals surface area (Å²) in [5.41, 5.74) is 9.24. The SMILES string of the molecule is Nc1ncc(C(O)C(O)CCNC(=O)OCC2c3ccccc3-c3ccccc32)nc1C(=O)O. The van der Waals surface area contributed by atoms with E-state index in [-0.39, 0.29) is 37.0 Å². The number of aliphatic hydroxyl groups excluding tert-OH is 2. The molecule has 0 saturated carbocycles. The lowest BCUT2D eigenvalue weighted by Gasteiger charge is -2.18. The molecule has 0 aliphatic heterocycles. The Labute approximate surface area is 195 Å². The molecule has 176 valence electrons. The summed E-state index contributed by atoms with van der Waals surface area (Å²) >= 11 is 0. The van der Waals surface area contributed by atoms with Gasteiger partial charge in [0.25, 0.3) is 0 Å². The van der Waals surface area contributed by atoms with Crippen LogP contribution in [0.4, 0.5) is 10.6 Å². The molecule has 0 saturated heterocycles. The van der Waals surface area contributed by atoms with Crippen molar-refractivity contribution in [2.75, 3.05) is 18.9 Å². The van der Waals surface area contributed by atoms with Crippen LogP contribution in [0.15, 0.2) is 54.7 Å². The number of amides is 1. The largest absolute Gasteiger partial charge is 0.476 e. The Balaban J connectivity index is 1.29. The second-order valence-electron chi connectivity index (χ2n) is 7.89. The third-order valence-corrected chi connectivity index (χ3v) is 5.74. The highest BCUT2D eigenvalue weighted by Crippen LogP contribution is 2.44. The van der Waals surface area contributed by atoms with E-state index in [0.29, 0.717) is 0 Å². The highest BCUT2D eigenvalue weighted by molar-refractivity contribution is 5.90. The molecule has 3 aromatic rings. The van der Waals surface area contributed by atoms with Crippen LogP contribution in [0.2, 0.25) is 0 Å². The van der Waals surface area contributed by atoms with E-state index in [2.05, 4.69) is 15.3 Å². The number of hydrogen-bond donors (Lipinski definition) is 5. The number of rotatable bonds is 8. The Morgan fingerprint density at radius 2 is 1.68 bits per heavy atom. The predicted octanol–water partition coefficient (Wildman–Crippen LogP) is 2.08. The normalized spacial score (nSPS) is 14.1. The van der Waals surface area contributed by atoms with E-state index >= 15 is 0 Å². The van der Waals surface area contributed by atoms with E-state index in [0.717, 1.165) is 28.5 Å². The summed E-state index contributed by atoms with van der Waals surface area (Å²) in [6, 6.07) is 16.0. The maximum Gasteiger partial charge on any atom is 0.407 e. The first-order valence-corrected chi connectivity index (χ1v) is 10.7. The van der Waals surface area contributed by atoms with Crippen LogP contribution in [-0.4, -0.2) is 56.6 Å². The number of nitrogens with two attached hydrogens (primary N) is 1. The summed E-state index contributed by atoms with van der Waals surface area (Å²) < 4.78 is 5.43. The van der Waals surface area contributed by atoms with Gasteiger partial charge in [0.1, 0.15) is 12.7 Å². The van der Waals surface area contributed by atoms with Gasteiger partial charge in [-0.25, -0.2) is 19.6 Å². The van der Waals surface area contributed by atoms with Crippen LogP contribution in [0, 0.1) is 0 Å². The first kappa shape index (κ1) is 23.1. The predicted molar refractivity (Wildman–Crippen MR) is 122 cm³/mol. The van der Waals surface area contributed by atoms with E-state index in [9.17, 15) is 19.8 Å². The van der Waals surface area contributed by atoms with Gasteiger partial charge in [0, 0.05) is 12.5 Å². The van der Waals surface area contributed by atoms with Crippen LogP contribution >= 0.6 is 0 Å². The van der Waals surface area contributed by atoms with Crippen molar-refractivity contribution in [2.45, 2.75) is 24.5 Å². The molecular weight excluding hydrogens is 440 g/mol. The summed E-state index contributed by atoms with van der Waals surface area (Å²) in [5.74, 6) is -1.77. The molecule has 1 aliphatic carbocycles. The van der Waals surface area contributed by atoms with Crippen molar-refractivity contribution in [3.63, 3.8) is 0 Å². The molecule has 10 heteroatoms. The first-order valence-electron chi connectivity index (χ1n) is 10.7. The van der Waals surface area contributed by atoms with E-state index in [1.165, 1.54) is 0 Å². The number of nitrogens with zero attached hydrogens (tertiary/aromatic N) is 2. The molecular formula is C24H24N4O6. The maximum absolute atomic E-state index is 12.2.